The zero-order chi connectivity index (χ0) is 14.6. The summed E-state index contributed by atoms with van der Waals surface area (Å²) >= 11 is 0. The van der Waals surface area contributed by atoms with Crippen LogP contribution in [0.25, 0.3) is 0 Å². The molecule has 0 bridgehead atoms. The predicted molar refractivity (Wildman–Crippen MR) is 85.6 cm³/mol. The van der Waals surface area contributed by atoms with Crippen LogP contribution in [0, 0.1) is 17.3 Å². The van der Waals surface area contributed by atoms with Crippen LogP contribution >= 0.6 is 0 Å². The molecule has 0 saturated heterocycles. The van der Waals surface area contributed by atoms with E-state index in [-0.39, 0.29) is 0 Å². The molecule has 0 unspecified atom stereocenters. The van der Waals surface area contributed by atoms with Crippen molar-refractivity contribution in [3.05, 3.63) is 30.1 Å². The molecule has 2 heteroatoms. The molecule has 1 fully saturated rings. The van der Waals surface area contributed by atoms with Crippen molar-refractivity contribution in [2.45, 2.75) is 59.4 Å². The lowest BCUT2D eigenvalue weighted by molar-refractivity contribution is 0.148. The van der Waals surface area contributed by atoms with Crippen molar-refractivity contribution < 1.29 is 0 Å². The van der Waals surface area contributed by atoms with Gasteiger partial charge in [0.15, 0.2) is 0 Å². The van der Waals surface area contributed by atoms with Crippen molar-refractivity contribution >= 4 is 0 Å². The van der Waals surface area contributed by atoms with Crippen molar-refractivity contribution in [1.82, 2.24) is 10.3 Å². The van der Waals surface area contributed by atoms with Crippen LogP contribution in [0.2, 0.25) is 0 Å². The molecule has 0 aliphatic heterocycles. The Morgan fingerprint density at radius 3 is 2.45 bits per heavy atom. The Hall–Kier alpha value is -0.890. The summed E-state index contributed by atoms with van der Waals surface area (Å²) in [5, 5.41) is 3.66. The summed E-state index contributed by atoms with van der Waals surface area (Å²) in [6.07, 6.45) is 7.43. The minimum Gasteiger partial charge on any atom is -0.309 e. The molecular weight excluding hydrogens is 244 g/mol. The molecule has 0 radical (unpaired) electrons. The van der Waals surface area contributed by atoms with Crippen LogP contribution < -0.4 is 5.32 Å². The SMILES string of the molecule is C[C@H](NCC1CCC(C(C)(C)C)CC1)c1ccccn1. The molecule has 1 aromatic rings. The molecule has 0 amide bonds. The van der Waals surface area contributed by atoms with Crippen LogP contribution in [0.4, 0.5) is 0 Å². The Kier molecular flexibility index (Phi) is 5.20. The van der Waals surface area contributed by atoms with Gasteiger partial charge in [-0.2, -0.15) is 0 Å². The standard InChI is InChI=1S/C18H30N2/c1-14(17-7-5-6-12-19-17)20-13-15-8-10-16(11-9-15)18(2,3)4/h5-7,12,14-16,20H,8-11,13H2,1-4H3/t14-,15?,16?/m0/s1. The molecular formula is C18H30N2. The lowest BCUT2D eigenvalue weighted by Crippen LogP contribution is -2.31. The molecule has 1 heterocycles. The first-order chi connectivity index (χ1) is 9.47. The van der Waals surface area contributed by atoms with Gasteiger partial charge in [0.05, 0.1) is 5.69 Å². The Balaban J connectivity index is 1.74. The average molecular weight is 274 g/mol. The van der Waals surface area contributed by atoms with E-state index in [0.717, 1.165) is 24.1 Å². The van der Waals surface area contributed by atoms with E-state index >= 15 is 0 Å². The third-order valence-corrected chi connectivity index (χ3v) is 4.92. The second-order valence-electron chi connectivity index (χ2n) is 7.47. The largest absolute Gasteiger partial charge is 0.309 e. The second-order valence-corrected chi connectivity index (χ2v) is 7.47. The van der Waals surface area contributed by atoms with Gasteiger partial charge in [0.1, 0.15) is 0 Å². The monoisotopic (exact) mass is 274 g/mol. The molecule has 1 atom stereocenters. The van der Waals surface area contributed by atoms with Gasteiger partial charge in [0.25, 0.3) is 0 Å². The lowest BCUT2D eigenvalue weighted by Gasteiger charge is -2.37. The lowest BCUT2D eigenvalue weighted by atomic mass is 9.70. The molecule has 1 aromatic heterocycles. The number of pyridine rings is 1. The molecule has 1 aliphatic rings. The molecule has 0 spiro atoms. The van der Waals surface area contributed by atoms with E-state index in [4.69, 9.17) is 0 Å². The fourth-order valence-electron chi connectivity index (χ4n) is 3.31. The molecule has 112 valence electrons. The van der Waals surface area contributed by atoms with Gasteiger partial charge in [-0.3, -0.25) is 4.98 Å². The summed E-state index contributed by atoms with van der Waals surface area (Å²) in [7, 11) is 0. The molecule has 2 nitrogen and oxygen atoms in total. The maximum Gasteiger partial charge on any atom is 0.0570 e. The first kappa shape index (κ1) is 15.5. The van der Waals surface area contributed by atoms with Crippen LogP contribution in [-0.2, 0) is 0 Å². The first-order valence-corrected chi connectivity index (χ1v) is 8.11. The molecule has 0 aromatic carbocycles. The van der Waals surface area contributed by atoms with E-state index in [9.17, 15) is 0 Å². The van der Waals surface area contributed by atoms with Gasteiger partial charge in [-0.15, -0.1) is 0 Å². The summed E-state index contributed by atoms with van der Waals surface area (Å²) in [4.78, 5) is 4.42. The third-order valence-electron chi connectivity index (χ3n) is 4.92. The van der Waals surface area contributed by atoms with E-state index < -0.39 is 0 Å². The van der Waals surface area contributed by atoms with E-state index in [0.29, 0.717) is 11.5 Å². The topological polar surface area (TPSA) is 24.9 Å². The fourth-order valence-corrected chi connectivity index (χ4v) is 3.31. The van der Waals surface area contributed by atoms with Gasteiger partial charge in [-0.1, -0.05) is 26.8 Å². The van der Waals surface area contributed by atoms with Gasteiger partial charge in [0.2, 0.25) is 0 Å². The minimum absolute atomic E-state index is 0.358. The highest BCUT2D eigenvalue weighted by atomic mass is 14.9. The van der Waals surface area contributed by atoms with Crippen LogP contribution in [-0.4, -0.2) is 11.5 Å². The Morgan fingerprint density at radius 1 is 1.20 bits per heavy atom. The number of hydrogen-bond acceptors (Lipinski definition) is 2. The average Bonchev–Trinajstić information content (AvgIpc) is 2.45. The van der Waals surface area contributed by atoms with Gasteiger partial charge in [-0.25, -0.2) is 0 Å². The number of nitrogens with one attached hydrogen (secondary N) is 1. The third kappa shape index (κ3) is 4.31. The van der Waals surface area contributed by atoms with E-state index in [1.54, 1.807) is 0 Å². The summed E-state index contributed by atoms with van der Waals surface area (Å²) < 4.78 is 0. The predicted octanol–water partition coefficient (Wildman–Crippen LogP) is 4.58. The maximum atomic E-state index is 4.42. The fraction of sp³-hybridized carbons (Fsp3) is 0.722. The number of hydrogen-bond donors (Lipinski definition) is 1. The Labute approximate surface area is 124 Å². The van der Waals surface area contributed by atoms with Crippen molar-refractivity contribution in [3.8, 4) is 0 Å². The van der Waals surface area contributed by atoms with Crippen LogP contribution in [0.3, 0.4) is 0 Å². The van der Waals surface area contributed by atoms with Crippen molar-refractivity contribution in [3.63, 3.8) is 0 Å². The van der Waals surface area contributed by atoms with Crippen LogP contribution in [0.15, 0.2) is 24.4 Å². The summed E-state index contributed by atoms with van der Waals surface area (Å²) in [5.41, 5.74) is 1.63. The van der Waals surface area contributed by atoms with Crippen molar-refractivity contribution in [1.29, 1.82) is 0 Å². The molecule has 2 rings (SSSR count). The van der Waals surface area contributed by atoms with Crippen LogP contribution in [0.5, 0.6) is 0 Å². The zero-order valence-electron chi connectivity index (χ0n) is 13.5. The molecule has 1 saturated carbocycles. The Morgan fingerprint density at radius 2 is 1.90 bits per heavy atom. The van der Waals surface area contributed by atoms with Gasteiger partial charge < -0.3 is 5.32 Å². The molecule has 1 N–H and O–H groups in total. The van der Waals surface area contributed by atoms with Crippen LogP contribution in [0.1, 0.15) is 65.1 Å². The van der Waals surface area contributed by atoms with E-state index in [2.05, 4.69) is 50.1 Å². The summed E-state index contributed by atoms with van der Waals surface area (Å²) in [5.74, 6) is 1.76. The van der Waals surface area contributed by atoms with Gasteiger partial charge in [-0.05, 0) is 68.5 Å². The number of aromatic nitrogens is 1. The highest BCUT2D eigenvalue weighted by Gasteiger charge is 2.29. The Bertz CT molecular complexity index is 386. The molecule has 1 aliphatic carbocycles. The van der Waals surface area contributed by atoms with Gasteiger partial charge >= 0.3 is 0 Å². The van der Waals surface area contributed by atoms with E-state index in [1.807, 2.05) is 12.3 Å². The normalized spacial score (nSPS) is 25.4. The van der Waals surface area contributed by atoms with E-state index in [1.165, 1.54) is 25.7 Å². The second kappa shape index (κ2) is 6.71. The highest BCUT2D eigenvalue weighted by Crippen LogP contribution is 2.39. The minimum atomic E-state index is 0.358. The number of rotatable bonds is 4. The first-order valence-electron chi connectivity index (χ1n) is 8.11. The highest BCUT2D eigenvalue weighted by molar-refractivity contribution is 5.07. The summed E-state index contributed by atoms with van der Waals surface area (Å²) in [6.45, 7) is 10.5. The molecule has 20 heavy (non-hydrogen) atoms. The maximum absolute atomic E-state index is 4.42. The smallest absolute Gasteiger partial charge is 0.0570 e. The quantitative estimate of drug-likeness (QED) is 0.869. The zero-order valence-corrected chi connectivity index (χ0v) is 13.5. The summed E-state index contributed by atoms with van der Waals surface area (Å²) in [6, 6.07) is 6.50. The number of nitrogens with zero attached hydrogens (tertiary/aromatic N) is 1. The van der Waals surface area contributed by atoms with Crippen molar-refractivity contribution in [2.24, 2.45) is 17.3 Å². The van der Waals surface area contributed by atoms with Crippen molar-refractivity contribution in [2.75, 3.05) is 6.54 Å². The van der Waals surface area contributed by atoms with Gasteiger partial charge in [0, 0.05) is 12.2 Å².